The lowest BCUT2D eigenvalue weighted by Gasteiger charge is -2.07. The van der Waals surface area contributed by atoms with Gasteiger partial charge >= 0.3 is 0 Å². The van der Waals surface area contributed by atoms with Crippen LogP contribution >= 0.6 is 23.5 Å². The quantitative estimate of drug-likeness (QED) is 0.283. The van der Waals surface area contributed by atoms with Gasteiger partial charge in [-0.05, 0) is 60.0 Å². The summed E-state index contributed by atoms with van der Waals surface area (Å²) in [6.07, 6.45) is 0.742. The van der Waals surface area contributed by atoms with Crippen molar-refractivity contribution in [2.75, 3.05) is 10.7 Å². The zero-order valence-corrected chi connectivity index (χ0v) is 17.3. The number of hydrazone groups is 1. The predicted molar refractivity (Wildman–Crippen MR) is 121 cm³/mol. The average molecular weight is 437 g/mol. The molecule has 1 heterocycles. The van der Waals surface area contributed by atoms with E-state index in [0.717, 1.165) is 16.7 Å². The number of para-hydroxylation sites is 1. The maximum atomic E-state index is 12.4. The van der Waals surface area contributed by atoms with Crippen LogP contribution in [0.4, 0.5) is 11.4 Å². The molecule has 0 fully saturated rings. The summed E-state index contributed by atoms with van der Waals surface area (Å²) in [5.74, 6) is -0.294. The Hall–Kier alpha value is -3.13. The Kier molecular flexibility index (Phi) is 6.13. The maximum absolute atomic E-state index is 12.4. The van der Waals surface area contributed by atoms with Crippen LogP contribution in [0.25, 0.3) is 0 Å². The molecule has 3 aromatic carbocycles. The highest BCUT2D eigenvalue weighted by molar-refractivity contribution is 7.97. The van der Waals surface area contributed by atoms with E-state index < -0.39 is 0 Å². The fourth-order valence-corrected chi connectivity index (χ4v) is 3.77. The molecule has 3 N–H and O–H groups in total. The molecule has 0 saturated heterocycles. The molecule has 0 bridgehead atoms. The number of carbonyl (C=O) groups is 2. The second-order valence-corrected chi connectivity index (χ2v) is 7.89. The lowest BCUT2D eigenvalue weighted by atomic mass is 10.1. The molecule has 0 unspecified atom stereocenters. The average Bonchev–Trinajstić information content (AvgIpc) is 3.08. The van der Waals surface area contributed by atoms with Crippen molar-refractivity contribution in [3.63, 3.8) is 0 Å². The van der Waals surface area contributed by atoms with Crippen LogP contribution < -0.4 is 15.5 Å². The standard InChI is InChI=1S/C22H17ClN4O2S/c23-16-7-5-14(6-8-16)12-24-30-17-9-10-20-18(11-17)21(22(29)25-20)27-26-19-4-2-1-3-15(19)13-28/h1-11,13,24,26H,12H2,(H,25,27,29). The molecule has 1 aliphatic heterocycles. The Morgan fingerprint density at radius 1 is 1.07 bits per heavy atom. The second kappa shape index (κ2) is 9.13. The minimum absolute atomic E-state index is 0.269. The second-order valence-electron chi connectivity index (χ2n) is 6.49. The molecule has 0 spiro atoms. The smallest absolute Gasteiger partial charge is 0.276 e. The summed E-state index contributed by atoms with van der Waals surface area (Å²) < 4.78 is 3.30. The number of benzene rings is 3. The van der Waals surface area contributed by atoms with Crippen LogP contribution in [0.3, 0.4) is 0 Å². The number of aldehydes is 1. The topological polar surface area (TPSA) is 82.6 Å². The fraction of sp³-hybridized carbons (Fsp3) is 0.0455. The van der Waals surface area contributed by atoms with Crippen LogP contribution in [-0.4, -0.2) is 17.9 Å². The first-order valence-electron chi connectivity index (χ1n) is 9.12. The van der Waals surface area contributed by atoms with Gasteiger partial charge in [0.1, 0.15) is 0 Å². The van der Waals surface area contributed by atoms with Crippen molar-refractivity contribution in [3.8, 4) is 0 Å². The van der Waals surface area contributed by atoms with Gasteiger partial charge in [0.15, 0.2) is 12.0 Å². The molecule has 8 heteroatoms. The highest BCUT2D eigenvalue weighted by Crippen LogP contribution is 2.28. The summed E-state index contributed by atoms with van der Waals surface area (Å²) in [5, 5.41) is 7.77. The number of amides is 1. The molecule has 0 aliphatic carbocycles. The molecule has 3 aromatic rings. The van der Waals surface area contributed by atoms with Crippen LogP contribution in [0, 0.1) is 0 Å². The lowest BCUT2D eigenvalue weighted by molar-refractivity contribution is -0.110. The van der Waals surface area contributed by atoms with E-state index in [1.165, 1.54) is 11.9 Å². The molecule has 0 atom stereocenters. The minimum atomic E-state index is -0.294. The van der Waals surface area contributed by atoms with Gasteiger partial charge in [0.05, 0.1) is 11.4 Å². The van der Waals surface area contributed by atoms with Crippen LogP contribution in [0.1, 0.15) is 21.5 Å². The molecule has 0 aromatic heterocycles. The third kappa shape index (κ3) is 4.54. The molecule has 150 valence electrons. The number of nitrogens with one attached hydrogen (secondary N) is 3. The van der Waals surface area contributed by atoms with Gasteiger partial charge in [0.2, 0.25) is 0 Å². The molecule has 0 radical (unpaired) electrons. The van der Waals surface area contributed by atoms with Gasteiger partial charge in [-0.2, -0.15) is 5.10 Å². The van der Waals surface area contributed by atoms with Gasteiger partial charge in [-0.15, -0.1) is 0 Å². The predicted octanol–water partition coefficient (Wildman–Crippen LogP) is 4.72. The number of rotatable bonds is 7. The molecule has 4 rings (SSSR count). The number of nitrogens with zero attached hydrogens (tertiary/aromatic N) is 1. The Balaban J connectivity index is 1.48. The number of hydrogen-bond acceptors (Lipinski definition) is 6. The summed E-state index contributed by atoms with van der Waals surface area (Å²) in [7, 11) is 0. The summed E-state index contributed by atoms with van der Waals surface area (Å²) in [6, 6.07) is 20.3. The van der Waals surface area contributed by atoms with Crippen molar-refractivity contribution in [3.05, 3.63) is 88.4 Å². The highest BCUT2D eigenvalue weighted by atomic mass is 35.5. The summed E-state index contributed by atoms with van der Waals surface area (Å²) in [6.45, 7) is 0.668. The fourth-order valence-electron chi connectivity index (χ4n) is 2.93. The molecule has 0 saturated carbocycles. The third-order valence-corrected chi connectivity index (χ3v) is 5.50. The van der Waals surface area contributed by atoms with E-state index in [2.05, 4.69) is 20.6 Å². The van der Waals surface area contributed by atoms with Crippen molar-refractivity contribution in [2.24, 2.45) is 5.10 Å². The molecular formula is C22H17ClN4O2S. The number of hydrogen-bond donors (Lipinski definition) is 3. The van der Waals surface area contributed by atoms with E-state index in [1.54, 1.807) is 24.3 Å². The molecule has 1 aliphatic rings. The molecule has 6 nitrogen and oxygen atoms in total. The SMILES string of the molecule is O=Cc1ccccc1N/N=C1\C(=O)Nc2ccc(SNCc3ccc(Cl)cc3)cc21. The Morgan fingerprint density at radius 2 is 1.87 bits per heavy atom. The van der Waals surface area contributed by atoms with Crippen LogP contribution in [-0.2, 0) is 11.3 Å². The lowest BCUT2D eigenvalue weighted by Crippen LogP contribution is -2.16. The van der Waals surface area contributed by atoms with Gasteiger partial charge in [-0.25, -0.2) is 0 Å². The Labute approximate surface area is 182 Å². The van der Waals surface area contributed by atoms with Crippen molar-refractivity contribution >= 4 is 52.8 Å². The number of fused-ring (bicyclic) bond motifs is 1. The third-order valence-electron chi connectivity index (χ3n) is 4.46. The molecular weight excluding hydrogens is 420 g/mol. The van der Waals surface area contributed by atoms with Gasteiger partial charge in [-0.1, -0.05) is 35.9 Å². The first-order chi connectivity index (χ1) is 14.6. The zero-order valence-electron chi connectivity index (χ0n) is 15.7. The Morgan fingerprint density at radius 3 is 2.67 bits per heavy atom. The van der Waals surface area contributed by atoms with E-state index >= 15 is 0 Å². The van der Waals surface area contributed by atoms with E-state index in [4.69, 9.17) is 11.6 Å². The van der Waals surface area contributed by atoms with Crippen molar-refractivity contribution in [1.29, 1.82) is 0 Å². The first kappa shape index (κ1) is 20.2. The van der Waals surface area contributed by atoms with Gasteiger partial charge in [-0.3, -0.25) is 19.7 Å². The van der Waals surface area contributed by atoms with E-state index in [0.29, 0.717) is 34.1 Å². The maximum Gasteiger partial charge on any atom is 0.276 e. The Bertz CT molecular complexity index is 1130. The van der Waals surface area contributed by atoms with Gasteiger partial charge in [0.25, 0.3) is 5.91 Å². The monoisotopic (exact) mass is 436 g/mol. The van der Waals surface area contributed by atoms with Gasteiger partial charge < -0.3 is 5.32 Å². The summed E-state index contributed by atoms with van der Waals surface area (Å²) in [5.41, 5.74) is 6.62. The normalized spacial score (nSPS) is 13.8. The molecule has 1 amide bonds. The minimum Gasteiger partial charge on any atom is -0.320 e. The zero-order chi connectivity index (χ0) is 20.9. The molecule has 30 heavy (non-hydrogen) atoms. The first-order valence-corrected chi connectivity index (χ1v) is 10.3. The van der Waals surface area contributed by atoms with Crippen molar-refractivity contribution in [1.82, 2.24) is 4.72 Å². The van der Waals surface area contributed by atoms with Crippen molar-refractivity contribution in [2.45, 2.75) is 11.4 Å². The largest absolute Gasteiger partial charge is 0.320 e. The summed E-state index contributed by atoms with van der Waals surface area (Å²) in [4.78, 5) is 24.5. The van der Waals surface area contributed by atoms with E-state index in [9.17, 15) is 9.59 Å². The van der Waals surface area contributed by atoms with Crippen LogP contribution in [0.5, 0.6) is 0 Å². The van der Waals surface area contributed by atoms with Crippen LogP contribution in [0.15, 0.2) is 76.7 Å². The van der Waals surface area contributed by atoms with Gasteiger partial charge in [0, 0.05) is 27.6 Å². The van der Waals surface area contributed by atoms with Crippen molar-refractivity contribution < 1.29 is 9.59 Å². The van der Waals surface area contributed by atoms with E-state index in [1.807, 2.05) is 42.5 Å². The van der Waals surface area contributed by atoms with E-state index in [-0.39, 0.29) is 11.6 Å². The highest BCUT2D eigenvalue weighted by Gasteiger charge is 2.26. The number of carbonyl (C=O) groups excluding carboxylic acids is 2. The van der Waals surface area contributed by atoms with Crippen LogP contribution in [0.2, 0.25) is 5.02 Å². The summed E-state index contributed by atoms with van der Waals surface area (Å²) >= 11 is 7.38. The number of anilines is 2. The number of halogens is 1.